The molecule has 2 aromatic heterocycles. The van der Waals surface area contributed by atoms with Crippen LogP contribution in [-0.4, -0.2) is 14.5 Å². The van der Waals surface area contributed by atoms with Crippen LogP contribution in [-0.2, 0) is 0 Å². The summed E-state index contributed by atoms with van der Waals surface area (Å²) in [7, 11) is 0. The third kappa shape index (κ3) is 2.60. The van der Waals surface area contributed by atoms with Crippen LogP contribution in [0.1, 0.15) is 30.7 Å². The molecule has 1 atom stereocenters. The summed E-state index contributed by atoms with van der Waals surface area (Å²) in [5, 5.41) is 11.6. The van der Waals surface area contributed by atoms with Crippen LogP contribution < -0.4 is 0 Å². The minimum atomic E-state index is -0.612. The van der Waals surface area contributed by atoms with Crippen molar-refractivity contribution in [3.63, 3.8) is 0 Å². The summed E-state index contributed by atoms with van der Waals surface area (Å²) in [5.41, 5.74) is 4.11. The van der Waals surface area contributed by atoms with E-state index in [1.165, 1.54) is 0 Å². The Morgan fingerprint density at radius 3 is 2.68 bits per heavy atom. The van der Waals surface area contributed by atoms with Gasteiger partial charge in [0.05, 0.1) is 22.5 Å². The van der Waals surface area contributed by atoms with Crippen LogP contribution in [0.5, 0.6) is 0 Å². The second-order valence-electron chi connectivity index (χ2n) is 5.33. The smallest absolute Gasteiger partial charge is 0.137 e. The number of aryl methyl sites for hydroxylation is 1. The van der Waals surface area contributed by atoms with Crippen molar-refractivity contribution in [2.24, 2.45) is 0 Å². The Hall–Kier alpha value is -1.55. The molecule has 1 unspecified atom stereocenters. The highest BCUT2D eigenvalue weighted by molar-refractivity contribution is 6.36. The third-order valence-corrected chi connectivity index (χ3v) is 4.24. The molecule has 0 aliphatic heterocycles. The van der Waals surface area contributed by atoms with Gasteiger partial charge in [-0.25, -0.2) is 4.98 Å². The molecule has 1 aromatic carbocycles. The van der Waals surface area contributed by atoms with Gasteiger partial charge in [-0.1, -0.05) is 36.2 Å². The van der Waals surface area contributed by atoms with Crippen LogP contribution in [0, 0.1) is 6.92 Å². The molecule has 0 spiro atoms. The summed E-state index contributed by atoms with van der Waals surface area (Å²) >= 11 is 12.3. The number of hydrogen-bond acceptors (Lipinski definition) is 2. The topological polar surface area (TPSA) is 37.5 Å². The highest BCUT2D eigenvalue weighted by Gasteiger charge is 2.21. The molecule has 0 aliphatic carbocycles. The summed E-state index contributed by atoms with van der Waals surface area (Å²) < 4.78 is 1.93. The first-order chi connectivity index (χ1) is 10.5. The maximum Gasteiger partial charge on any atom is 0.137 e. The zero-order valence-electron chi connectivity index (χ0n) is 12.3. The highest BCUT2D eigenvalue weighted by Crippen LogP contribution is 2.35. The van der Waals surface area contributed by atoms with Crippen molar-refractivity contribution >= 4 is 28.8 Å². The Bertz CT molecular complexity index is 842. The molecular weight excluding hydrogens is 319 g/mol. The zero-order valence-corrected chi connectivity index (χ0v) is 13.9. The van der Waals surface area contributed by atoms with E-state index >= 15 is 0 Å². The Balaban J connectivity index is 2.32. The molecule has 0 fully saturated rings. The van der Waals surface area contributed by atoms with Gasteiger partial charge in [0.1, 0.15) is 5.65 Å². The molecule has 2 heterocycles. The van der Waals surface area contributed by atoms with Gasteiger partial charge in [0.15, 0.2) is 0 Å². The number of benzene rings is 1. The van der Waals surface area contributed by atoms with E-state index in [0.717, 1.165) is 22.5 Å². The van der Waals surface area contributed by atoms with Crippen LogP contribution in [0.3, 0.4) is 0 Å². The minimum Gasteiger partial charge on any atom is -0.387 e. The van der Waals surface area contributed by atoms with Crippen molar-refractivity contribution < 1.29 is 5.11 Å². The maximum absolute atomic E-state index is 10.5. The van der Waals surface area contributed by atoms with Crippen molar-refractivity contribution in [1.82, 2.24) is 9.38 Å². The fraction of sp³-hybridized carbons (Fsp3) is 0.235. The van der Waals surface area contributed by atoms with E-state index < -0.39 is 6.10 Å². The monoisotopic (exact) mass is 334 g/mol. The lowest BCUT2D eigenvalue weighted by Crippen LogP contribution is -2.02. The van der Waals surface area contributed by atoms with E-state index in [9.17, 15) is 5.11 Å². The van der Waals surface area contributed by atoms with E-state index in [1.54, 1.807) is 12.1 Å². The van der Waals surface area contributed by atoms with Crippen LogP contribution >= 0.6 is 23.2 Å². The first kappa shape index (κ1) is 15.3. The molecular formula is C17H16Cl2N2O. The lowest BCUT2D eigenvalue weighted by molar-refractivity contribution is 0.168. The second-order valence-corrected chi connectivity index (χ2v) is 6.17. The van der Waals surface area contributed by atoms with E-state index in [1.807, 2.05) is 42.6 Å². The molecule has 0 amide bonds. The number of pyridine rings is 1. The van der Waals surface area contributed by atoms with Crippen molar-refractivity contribution in [2.75, 3.05) is 0 Å². The lowest BCUT2D eigenvalue weighted by atomic mass is 10.1. The Kier molecular flexibility index (Phi) is 4.13. The average molecular weight is 335 g/mol. The van der Waals surface area contributed by atoms with Crippen molar-refractivity contribution in [3.05, 3.63) is 57.8 Å². The first-order valence-electron chi connectivity index (χ1n) is 7.13. The van der Waals surface area contributed by atoms with E-state index in [-0.39, 0.29) is 0 Å². The SMILES string of the molecule is CCC(O)c1c(-c2ccc(Cl)cc2Cl)nc2ccc(C)cn12. The van der Waals surface area contributed by atoms with Crippen molar-refractivity contribution in [1.29, 1.82) is 0 Å². The number of aromatic nitrogens is 2. The van der Waals surface area contributed by atoms with E-state index in [0.29, 0.717) is 22.2 Å². The maximum atomic E-state index is 10.5. The lowest BCUT2D eigenvalue weighted by Gasteiger charge is -2.12. The molecule has 0 bridgehead atoms. The van der Waals surface area contributed by atoms with E-state index in [2.05, 4.69) is 4.98 Å². The number of aliphatic hydroxyl groups is 1. The zero-order chi connectivity index (χ0) is 15.9. The molecule has 3 aromatic rings. The molecule has 0 aliphatic rings. The molecule has 0 saturated heterocycles. The molecule has 0 radical (unpaired) electrons. The number of fused-ring (bicyclic) bond motifs is 1. The fourth-order valence-corrected chi connectivity index (χ4v) is 3.06. The van der Waals surface area contributed by atoms with Gasteiger partial charge >= 0.3 is 0 Å². The Labute approximate surface area is 139 Å². The molecule has 5 heteroatoms. The van der Waals surface area contributed by atoms with Gasteiger partial charge in [-0.3, -0.25) is 0 Å². The first-order valence-corrected chi connectivity index (χ1v) is 7.89. The van der Waals surface area contributed by atoms with Crippen LogP contribution in [0.25, 0.3) is 16.9 Å². The number of halogens is 2. The summed E-state index contributed by atoms with van der Waals surface area (Å²) in [6, 6.07) is 9.24. The van der Waals surface area contributed by atoms with Gasteiger partial charge in [-0.2, -0.15) is 0 Å². The molecule has 3 nitrogen and oxygen atoms in total. The third-order valence-electron chi connectivity index (χ3n) is 3.69. The van der Waals surface area contributed by atoms with Crippen LogP contribution in [0.4, 0.5) is 0 Å². The van der Waals surface area contributed by atoms with Gasteiger partial charge in [0, 0.05) is 16.8 Å². The van der Waals surface area contributed by atoms with Crippen LogP contribution in [0.2, 0.25) is 10.0 Å². The summed E-state index contributed by atoms with van der Waals surface area (Å²) in [4.78, 5) is 4.66. The number of nitrogens with zero attached hydrogens (tertiary/aromatic N) is 2. The molecule has 114 valence electrons. The van der Waals surface area contributed by atoms with Gasteiger partial charge < -0.3 is 9.51 Å². The fourth-order valence-electron chi connectivity index (χ4n) is 2.56. The van der Waals surface area contributed by atoms with E-state index in [4.69, 9.17) is 23.2 Å². The molecule has 1 N–H and O–H groups in total. The second kappa shape index (κ2) is 5.92. The van der Waals surface area contributed by atoms with Crippen molar-refractivity contribution in [3.8, 4) is 11.3 Å². The number of imidazole rings is 1. The number of hydrogen-bond donors (Lipinski definition) is 1. The van der Waals surface area contributed by atoms with Gasteiger partial charge in [0.2, 0.25) is 0 Å². The molecule has 22 heavy (non-hydrogen) atoms. The van der Waals surface area contributed by atoms with Gasteiger partial charge in [-0.05, 0) is 43.2 Å². The quantitative estimate of drug-likeness (QED) is 0.726. The number of rotatable bonds is 3. The minimum absolute atomic E-state index is 0.525. The Morgan fingerprint density at radius 1 is 1.23 bits per heavy atom. The van der Waals surface area contributed by atoms with Gasteiger partial charge in [-0.15, -0.1) is 0 Å². The summed E-state index contributed by atoms with van der Waals surface area (Å²) in [5.74, 6) is 0. The predicted octanol–water partition coefficient (Wildman–Crippen LogP) is 5.06. The van der Waals surface area contributed by atoms with Crippen LogP contribution in [0.15, 0.2) is 36.5 Å². The predicted molar refractivity (Wildman–Crippen MR) is 90.6 cm³/mol. The standard InChI is InChI=1S/C17H16Cl2N2O/c1-3-14(22)17-16(12-6-5-11(18)8-13(12)19)20-15-7-4-10(2)9-21(15)17/h4-9,14,22H,3H2,1-2H3. The average Bonchev–Trinajstić information content (AvgIpc) is 2.84. The molecule has 3 rings (SSSR count). The largest absolute Gasteiger partial charge is 0.387 e. The summed E-state index contributed by atoms with van der Waals surface area (Å²) in [6.45, 7) is 3.95. The normalized spacial score (nSPS) is 12.8. The number of aliphatic hydroxyl groups excluding tert-OH is 1. The highest BCUT2D eigenvalue weighted by atomic mass is 35.5. The Morgan fingerprint density at radius 2 is 2.00 bits per heavy atom. The van der Waals surface area contributed by atoms with Crippen molar-refractivity contribution in [2.45, 2.75) is 26.4 Å². The van der Waals surface area contributed by atoms with Gasteiger partial charge in [0.25, 0.3) is 0 Å². The summed E-state index contributed by atoms with van der Waals surface area (Å²) in [6.07, 6.45) is 1.96. The molecule has 0 saturated carbocycles.